The van der Waals surface area contributed by atoms with E-state index in [0.717, 1.165) is 29.0 Å². The summed E-state index contributed by atoms with van der Waals surface area (Å²) in [4.78, 5) is 11.7. The molecule has 1 aromatic carbocycles. The molecule has 0 bridgehead atoms. The minimum absolute atomic E-state index is 0.101. The van der Waals surface area contributed by atoms with Gasteiger partial charge in [0.25, 0.3) is 0 Å². The lowest BCUT2D eigenvalue weighted by Crippen LogP contribution is -2.27. The molecule has 1 aliphatic rings. The van der Waals surface area contributed by atoms with Crippen molar-refractivity contribution in [2.45, 2.75) is 25.3 Å². The highest BCUT2D eigenvalue weighted by atomic mass is 32.1. The van der Waals surface area contributed by atoms with Crippen molar-refractivity contribution < 1.29 is 4.79 Å². The second-order valence-electron chi connectivity index (χ2n) is 5.16. The maximum absolute atomic E-state index is 11.7. The highest BCUT2D eigenvalue weighted by Gasteiger charge is 2.22. The molecular weight excluding hydrogens is 284 g/mol. The second-order valence-corrected chi connectivity index (χ2v) is 5.93. The van der Waals surface area contributed by atoms with Gasteiger partial charge >= 0.3 is 0 Å². The van der Waals surface area contributed by atoms with Crippen LogP contribution in [0.2, 0.25) is 0 Å². The van der Waals surface area contributed by atoms with Crippen molar-refractivity contribution in [3.8, 4) is 11.1 Å². The number of carbonyl (C=O) groups excluding carboxylic acids is 1. The maximum Gasteiger partial charge on any atom is 0.221 e. The molecule has 5 nitrogen and oxygen atoms in total. The number of nitrogens with one attached hydrogen (secondary N) is 2. The Labute approximate surface area is 127 Å². The first-order chi connectivity index (χ1) is 10.2. The molecule has 21 heavy (non-hydrogen) atoms. The third kappa shape index (κ3) is 3.52. The molecule has 0 atom stereocenters. The number of carbonyl (C=O) groups is 1. The van der Waals surface area contributed by atoms with Crippen LogP contribution in [0.3, 0.4) is 0 Å². The van der Waals surface area contributed by atoms with E-state index >= 15 is 0 Å². The van der Waals surface area contributed by atoms with Crippen LogP contribution in [-0.4, -0.2) is 22.9 Å². The summed E-state index contributed by atoms with van der Waals surface area (Å²) in [6.07, 6.45) is 2.69. The van der Waals surface area contributed by atoms with Crippen LogP contribution in [0.1, 0.15) is 19.3 Å². The fourth-order valence-electron chi connectivity index (χ4n) is 2.12. The number of benzene rings is 1. The van der Waals surface area contributed by atoms with Crippen molar-refractivity contribution in [1.82, 2.24) is 9.69 Å². The van der Waals surface area contributed by atoms with Gasteiger partial charge in [0, 0.05) is 19.0 Å². The monoisotopic (exact) mass is 302 g/mol. The molecule has 0 spiro atoms. The largest absolute Gasteiger partial charge is 0.382 e. The minimum atomic E-state index is 0.101. The van der Waals surface area contributed by atoms with E-state index in [1.54, 1.807) is 0 Å². The van der Waals surface area contributed by atoms with Gasteiger partial charge in [-0.05, 0) is 29.9 Å². The molecule has 110 valence electrons. The van der Waals surface area contributed by atoms with Gasteiger partial charge in [-0.2, -0.15) is 4.37 Å². The van der Waals surface area contributed by atoms with Crippen molar-refractivity contribution in [2.24, 2.45) is 0 Å². The van der Waals surface area contributed by atoms with E-state index in [-0.39, 0.29) is 5.91 Å². The van der Waals surface area contributed by atoms with E-state index < -0.39 is 0 Å². The van der Waals surface area contributed by atoms with E-state index in [9.17, 15) is 4.79 Å². The molecule has 3 rings (SSSR count). The van der Waals surface area contributed by atoms with Gasteiger partial charge in [0.15, 0.2) is 0 Å². The molecule has 0 aliphatic heterocycles. The number of nitrogens with zero attached hydrogens (tertiary/aromatic N) is 1. The number of hydrogen-bond donors (Lipinski definition) is 3. The normalized spacial score (nSPS) is 13.9. The molecule has 1 aliphatic carbocycles. The van der Waals surface area contributed by atoms with Crippen molar-refractivity contribution in [2.75, 3.05) is 17.6 Å². The molecule has 1 heterocycles. The Kier molecular flexibility index (Phi) is 4.06. The number of rotatable bonds is 6. The predicted octanol–water partition coefficient (Wildman–Crippen LogP) is 2.47. The fourth-order valence-corrected chi connectivity index (χ4v) is 2.89. The summed E-state index contributed by atoms with van der Waals surface area (Å²) in [6.45, 7) is 0.583. The molecule has 0 unspecified atom stereocenters. The number of nitrogen functional groups attached to an aromatic ring is 1. The highest BCUT2D eigenvalue weighted by Crippen LogP contribution is 2.36. The van der Waals surface area contributed by atoms with Gasteiger partial charge in [-0.3, -0.25) is 4.79 Å². The van der Waals surface area contributed by atoms with Crippen LogP contribution in [0.4, 0.5) is 10.8 Å². The van der Waals surface area contributed by atoms with Gasteiger partial charge in [0.05, 0.1) is 5.56 Å². The smallest absolute Gasteiger partial charge is 0.221 e. The maximum atomic E-state index is 11.7. The molecule has 1 saturated carbocycles. The minimum Gasteiger partial charge on any atom is -0.382 e. The van der Waals surface area contributed by atoms with E-state index in [2.05, 4.69) is 15.0 Å². The molecule has 4 N–H and O–H groups in total. The van der Waals surface area contributed by atoms with Crippen LogP contribution in [-0.2, 0) is 4.79 Å². The SMILES string of the molecule is Nc1nsc(NCCC(=O)NC2CC2)c1-c1ccccc1. The summed E-state index contributed by atoms with van der Waals surface area (Å²) < 4.78 is 4.21. The Morgan fingerprint density at radius 3 is 2.81 bits per heavy atom. The quantitative estimate of drug-likeness (QED) is 0.766. The lowest BCUT2D eigenvalue weighted by molar-refractivity contribution is -0.120. The summed E-state index contributed by atoms with van der Waals surface area (Å²) in [5.41, 5.74) is 7.91. The van der Waals surface area contributed by atoms with Crippen molar-refractivity contribution in [3.05, 3.63) is 30.3 Å². The number of anilines is 2. The molecule has 1 amide bonds. The van der Waals surface area contributed by atoms with E-state index in [1.807, 2.05) is 30.3 Å². The molecular formula is C15H18N4OS. The summed E-state index contributed by atoms with van der Waals surface area (Å²) in [7, 11) is 0. The molecule has 0 saturated heterocycles. The zero-order valence-electron chi connectivity index (χ0n) is 11.6. The average molecular weight is 302 g/mol. The van der Waals surface area contributed by atoms with Crippen molar-refractivity contribution >= 4 is 28.3 Å². The van der Waals surface area contributed by atoms with Crippen LogP contribution < -0.4 is 16.4 Å². The third-order valence-corrected chi connectivity index (χ3v) is 4.18. The summed E-state index contributed by atoms with van der Waals surface area (Å²) in [5.74, 6) is 0.625. The molecule has 6 heteroatoms. The van der Waals surface area contributed by atoms with Gasteiger partial charge in [-0.15, -0.1) is 0 Å². The predicted molar refractivity (Wildman–Crippen MR) is 86.2 cm³/mol. The summed E-state index contributed by atoms with van der Waals surface area (Å²) in [6, 6.07) is 10.3. The van der Waals surface area contributed by atoms with Crippen LogP contribution >= 0.6 is 11.5 Å². The molecule has 2 aromatic rings. The van der Waals surface area contributed by atoms with E-state index in [0.29, 0.717) is 24.8 Å². The topological polar surface area (TPSA) is 80.0 Å². The zero-order chi connectivity index (χ0) is 14.7. The van der Waals surface area contributed by atoms with E-state index in [4.69, 9.17) is 5.73 Å². The van der Waals surface area contributed by atoms with Gasteiger partial charge < -0.3 is 16.4 Å². The number of aromatic nitrogens is 1. The fraction of sp³-hybridized carbons (Fsp3) is 0.333. The van der Waals surface area contributed by atoms with Crippen LogP contribution in [0.25, 0.3) is 11.1 Å². The first-order valence-corrected chi connectivity index (χ1v) is 7.85. The summed E-state index contributed by atoms with van der Waals surface area (Å²) >= 11 is 1.33. The van der Waals surface area contributed by atoms with Gasteiger partial charge in [0.2, 0.25) is 5.91 Å². The molecule has 1 fully saturated rings. The highest BCUT2D eigenvalue weighted by molar-refractivity contribution is 7.11. The van der Waals surface area contributed by atoms with Crippen LogP contribution in [0.15, 0.2) is 30.3 Å². The number of hydrogen-bond acceptors (Lipinski definition) is 5. The standard InChI is InChI=1S/C15H18N4OS/c16-14-13(10-4-2-1-3-5-10)15(21-19-14)17-9-8-12(20)18-11-6-7-11/h1-5,11,17H,6-9H2,(H2,16,19)(H,18,20). The van der Waals surface area contributed by atoms with Gasteiger partial charge in [-0.25, -0.2) is 0 Å². The van der Waals surface area contributed by atoms with Gasteiger partial charge in [0.1, 0.15) is 10.8 Å². The third-order valence-electron chi connectivity index (χ3n) is 3.36. The van der Waals surface area contributed by atoms with Crippen LogP contribution in [0.5, 0.6) is 0 Å². The summed E-state index contributed by atoms with van der Waals surface area (Å²) in [5, 5.41) is 7.16. The Balaban J connectivity index is 1.62. The zero-order valence-corrected chi connectivity index (χ0v) is 12.5. The first kappa shape index (κ1) is 13.9. The Morgan fingerprint density at radius 1 is 1.33 bits per heavy atom. The van der Waals surface area contributed by atoms with Crippen molar-refractivity contribution in [1.29, 1.82) is 0 Å². The number of nitrogens with two attached hydrogens (primary N) is 1. The Morgan fingerprint density at radius 2 is 2.10 bits per heavy atom. The molecule has 1 aromatic heterocycles. The second kappa shape index (κ2) is 6.13. The lowest BCUT2D eigenvalue weighted by Gasteiger charge is -2.07. The Bertz CT molecular complexity index is 622. The molecule has 0 radical (unpaired) electrons. The van der Waals surface area contributed by atoms with Gasteiger partial charge in [-0.1, -0.05) is 30.3 Å². The first-order valence-electron chi connectivity index (χ1n) is 7.08. The number of amides is 1. The van der Waals surface area contributed by atoms with E-state index in [1.165, 1.54) is 11.5 Å². The Hall–Kier alpha value is -2.08. The van der Waals surface area contributed by atoms with Crippen LogP contribution in [0, 0.1) is 0 Å². The lowest BCUT2D eigenvalue weighted by atomic mass is 10.1. The van der Waals surface area contributed by atoms with Crippen molar-refractivity contribution in [3.63, 3.8) is 0 Å². The average Bonchev–Trinajstić information content (AvgIpc) is 3.22.